The second-order valence-electron chi connectivity index (χ2n) is 7.54. The molecule has 0 aliphatic heterocycles. The predicted octanol–water partition coefficient (Wildman–Crippen LogP) is 5.55. The van der Waals surface area contributed by atoms with Gasteiger partial charge in [-0.1, -0.05) is 91.0 Å². The SMILES string of the molecule is CC[N+](CCc1ccccc1)(CCc1ccccc1)CCc1ccccc1. The van der Waals surface area contributed by atoms with E-state index in [1.165, 1.54) is 47.4 Å². The van der Waals surface area contributed by atoms with Gasteiger partial charge in [-0.2, -0.15) is 0 Å². The minimum atomic E-state index is 1.15. The Morgan fingerprint density at radius 3 is 1.04 bits per heavy atom. The number of nitrogens with zero attached hydrogens (tertiary/aromatic N) is 1. The van der Waals surface area contributed by atoms with Crippen LogP contribution in [-0.2, 0) is 19.3 Å². The van der Waals surface area contributed by atoms with E-state index in [2.05, 4.69) is 97.9 Å². The Bertz CT molecular complexity index is 659. The van der Waals surface area contributed by atoms with Crippen molar-refractivity contribution in [3.63, 3.8) is 0 Å². The summed E-state index contributed by atoms with van der Waals surface area (Å²) in [5.41, 5.74) is 4.36. The van der Waals surface area contributed by atoms with Crippen molar-refractivity contribution in [3.8, 4) is 0 Å². The van der Waals surface area contributed by atoms with Crippen LogP contribution < -0.4 is 0 Å². The summed E-state index contributed by atoms with van der Waals surface area (Å²) in [7, 11) is 0. The molecular formula is C26H32N+. The monoisotopic (exact) mass is 358 g/mol. The van der Waals surface area contributed by atoms with Gasteiger partial charge in [-0.3, -0.25) is 0 Å². The Kier molecular flexibility index (Phi) is 7.24. The molecule has 0 N–H and O–H groups in total. The van der Waals surface area contributed by atoms with E-state index in [9.17, 15) is 0 Å². The third-order valence-electron chi connectivity index (χ3n) is 5.82. The van der Waals surface area contributed by atoms with Crippen molar-refractivity contribution in [1.29, 1.82) is 0 Å². The molecule has 0 bridgehead atoms. The first-order chi connectivity index (χ1) is 13.3. The molecule has 3 aromatic rings. The highest BCUT2D eigenvalue weighted by Gasteiger charge is 2.25. The number of likely N-dealkylation sites (N-methyl/N-ethyl adjacent to an activating group) is 1. The van der Waals surface area contributed by atoms with Crippen LogP contribution in [0.3, 0.4) is 0 Å². The predicted molar refractivity (Wildman–Crippen MR) is 116 cm³/mol. The number of benzene rings is 3. The highest BCUT2D eigenvalue weighted by atomic mass is 15.3. The van der Waals surface area contributed by atoms with Crippen LogP contribution in [0.5, 0.6) is 0 Å². The van der Waals surface area contributed by atoms with Gasteiger partial charge in [0.2, 0.25) is 0 Å². The molecule has 1 nitrogen and oxygen atoms in total. The summed E-state index contributed by atoms with van der Waals surface area (Å²) < 4.78 is 1.18. The quantitative estimate of drug-likeness (QED) is 0.417. The molecule has 1 heteroatoms. The molecule has 0 spiro atoms. The molecule has 0 aliphatic rings. The van der Waals surface area contributed by atoms with E-state index in [1.807, 2.05) is 0 Å². The summed E-state index contributed by atoms with van der Waals surface area (Å²) in [5, 5.41) is 0. The first-order valence-corrected chi connectivity index (χ1v) is 10.3. The molecule has 0 radical (unpaired) electrons. The highest BCUT2D eigenvalue weighted by Crippen LogP contribution is 2.15. The van der Waals surface area contributed by atoms with Crippen molar-refractivity contribution in [2.24, 2.45) is 0 Å². The molecule has 0 aliphatic carbocycles. The minimum absolute atomic E-state index is 1.15. The summed E-state index contributed by atoms with van der Waals surface area (Å²) in [6.45, 7) is 7.17. The fraction of sp³-hybridized carbons (Fsp3) is 0.308. The number of hydrogen-bond donors (Lipinski definition) is 0. The van der Waals surface area contributed by atoms with Crippen molar-refractivity contribution in [2.75, 3.05) is 26.2 Å². The van der Waals surface area contributed by atoms with Crippen LogP contribution in [0.15, 0.2) is 91.0 Å². The second kappa shape index (κ2) is 10.1. The summed E-state index contributed by atoms with van der Waals surface area (Å²) in [5.74, 6) is 0. The van der Waals surface area contributed by atoms with Crippen LogP contribution in [0.25, 0.3) is 0 Å². The summed E-state index contributed by atoms with van der Waals surface area (Å²) >= 11 is 0. The Labute approximate surface area is 164 Å². The zero-order valence-corrected chi connectivity index (χ0v) is 16.6. The lowest BCUT2D eigenvalue weighted by Gasteiger charge is -2.38. The van der Waals surface area contributed by atoms with Crippen LogP contribution in [0.4, 0.5) is 0 Å². The van der Waals surface area contributed by atoms with E-state index in [0.29, 0.717) is 0 Å². The van der Waals surface area contributed by atoms with Crippen molar-refractivity contribution < 1.29 is 4.48 Å². The summed E-state index contributed by atoms with van der Waals surface area (Å²) in [6.07, 6.45) is 3.45. The Morgan fingerprint density at radius 2 is 0.778 bits per heavy atom. The molecule has 0 amide bonds. The number of quaternary nitrogens is 1. The molecule has 3 aromatic carbocycles. The summed E-state index contributed by atoms with van der Waals surface area (Å²) in [6, 6.07) is 32.8. The van der Waals surface area contributed by atoms with Crippen LogP contribution in [0.2, 0.25) is 0 Å². The topological polar surface area (TPSA) is 0 Å². The van der Waals surface area contributed by atoms with Gasteiger partial charge in [-0.15, -0.1) is 0 Å². The molecule has 0 unspecified atom stereocenters. The number of rotatable bonds is 10. The van der Waals surface area contributed by atoms with Crippen molar-refractivity contribution in [2.45, 2.75) is 26.2 Å². The van der Waals surface area contributed by atoms with Crippen LogP contribution >= 0.6 is 0 Å². The largest absolute Gasteiger partial charge is 0.323 e. The van der Waals surface area contributed by atoms with Gasteiger partial charge in [0.15, 0.2) is 0 Å². The van der Waals surface area contributed by atoms with Gasteiger partial charge >= 0.3 is 0 Å². The smallest absolute Gasteiger partial charge is 0.0827 e. The van der Waals surface area contributed by atoms with E-state index in [-0.39, 0.29) is 0 Å². The first kappa shape index (κ1) is 19.4. The van der Waals surface area contributed by atoms with Gasteiger partial charge in [-0.25, -0.2) is 0 Å². The first-order valence-electron chi connectivity index (χ1n) is 10.3. The Hall–Kier alpha value is -2.38. The molecule has 27 heavy (non-hydrogen) atoms. The van der Waals surface area contributed by atoms with E-state index < -0.39 is 0 Å². The lowest BCUT2D eigenvalue weighted by atomic mass is 10.1. The highest BCUT2D eigenvalue weighted by molar-refractivity contribution is 5.16. The van der Waals surface area contributed by atoms with E-state index in [1.54, 1.807) is 0 Å². The van der Waals surface area contributed by atoms with E-state index in [0.717, 1.165) is 19.3 Å². The third-order valence-corrected chi connectivity index (χ3v) is 5.82. The molecule has 0 saturated carbocycles. The average Bonchev–Trinajstić information content (AvgIpc) is 2.76. The van der Waals surface area contributed by atoms with Gasteiger partial charge < -0.3 is 4.48 Å². The lowest BCUT2D eigenvalue weighted by Crippen LogP contribution is -2.51. The lowest BCUT2D eigenvalue weighted by molar-refractivity contribution is -0.926. The molecule has 0 saturated heterocycles. The van der Waals surface area contributed by atoms with E-state index >= 15 is 0 Å². The second-order valence-corrected chi connectivity index (χ2v) is 7.54. The Morgan fingerprint density at radius 1 is 0.481 bits per heavy atom. The van der Waals surface area contributed by atoms with Gasteiger partial charge in [0, 0.05) is 19.3 Å². The van der Waals surface area contributed by atoms with Crippen molar-refractivity contribution in [1.82, 2.24) is 0 Å². The van der Waals surface area contributed by atoms with Crippen molar-refractivity contribution in [3.05, 3.63) is 108 Å². The average molecular weight is 359 g/mol. The molecule has 140 valence electrons. The minimum Gasteiger partial charge on any atom is -0.323 e. The van der Waals surface area contributed by atoms with Crippen molar-refractivity contribution >= 4 is 0 Å². The molecule has 0 aromatic heterocycles. The fourth-order valence-electron chi connectivity index (χ4n) is 3.84. The van der Waals surface area contributed by atoms with E-state index in [4.69, 9.17) is 0 Å². The standard InChI is InChI=1S/C26H32N/c1-2-27(21-18-24-12-6-3-7-13-24,22-19-25-14-8-4-9-15-25)23-20-26-16-10-5-11-17-26/h3-17H,2,18-23H2,1H3/q+1. The van der Waals surface area contributed by atoms with Gasteiger partial charge in [0.1, 0.15) is 0 Å². The number of hydrogen-bond acceptors (Lipinski definition) is 0. The molecule has 0 fully saturated rings. The normalized spacial score (nSPS) is 11.4. The van der Waals surface area contributed by atoms with Gasteiger partial charge in [-0.05, 0) is 23.6 Å². The maximum absolute atomic E-state index is 2.36. The molecule has 0 heterocycles. The van der Waals surface area contributed by atoms with Crippen LogP contribution in [0, 0.1) is 0 Å². The summed E-state index contributed by atoms with van der Waals surface area (Å²) in [4.78, 5) is 0. The zero-order valence-electron chi connectivity index (χ0n) is 16.6. The maximum Gasteiger partial charge on any atom is 0.0827 e. The van der Waals surface area contributed by atoms with Gasteiger partial charge in [0.05, 0.1) is 26.2 Å². The molecule has 3 rings (SSSR count). The fourth-order valence-corrected chi connectivity index (χ4v) is 3.84. The third kappa shape index (κ3) is 6.08. The molecular weight excluding hydrogens is 326 g/mol. The van der Waals surface area contributed by atoms with Crippen LogP contribution in [-0.4, -0.2) is 30.7 Å². The molecule has 0 atom stereocenters. The Balaban J connectivity index is 1.70. The maximum atomic E-state index is 2.36. The van der Waals surface area contributed by atoms with Gasteiger partial charge in [0.25, 0.3) is 0 Å². The zero-order chi connectivity index (χ0) is 18.8. The van der Waals surface area contributed by atoms with Crippen LogP contribution in [0.1, 0.15) is 23.6 Å².